The first-order chi connectivity index (χ1) is 15.4. The van der Waals surface area contributed by atoms with Gasteiger partial charge in [-0.1, -0.05) is 30.3 Å². The number of hydrogen-bond acceptors (Lipinski definition) is 5. The molecule has 2 aliphatic heterocycles. The minimum atomic E-state index is -0.239. The minimum absolute atomic E-state index is 0.0801. The molecular formula is C24H31FN6S. The predicted molar refractivity (Wildman–Crippen MR) is 134 cm³/mol. The summed E-state index contributed by atoms with van der Waals surface area (Å²) in [5, 5.41) is 4.18. The first-order valence-electron chi connectivity index (χ1n) is 11.1. The van der Waals surface area contributed by atoms with Crippen LogP contribution in [0.3, 0.4) is 0 Å². The van der Waals surface area contributed by atoms with Crippen LogP contribution in [0.2, 0.25) is 0 Å². The van der Waals surface area contributed by atoms with Crippen molar-refractivity contribution in [3.05, 3.63) is 59.4 Å². The van der Waals surface area contributed by atoms with Crippen molar-refractivity contribution >= 4 is 34.9 Å². The van der Waals surface area contributed by atoms with E-state index in [-0.39, 0.29) is 17.0 Å². The van der Waals surface area contributed by atoms with Crippen molar-refractivity contribution in [1.29, 1.82) is 0 Å². The third kappa shape index (κ3) is 4.86. The maximum atomic E-state index is 15.4. The van der Waals surface area contributed by atoms with E-state index in [1.165, 1.54) is 5.56 Å². The molecule has 0 amide bonds. The van der Waals surface area contributed by atoms with Gasteiger partial charge >= 0.3 is 0 Å². The number of anilines is 2. The lowest BCUT2D eigenvalue weighted by Crippen LogP contribution is -2.32. The summed E-state index contributed by atoms with van der Waals surface area (Å²) in [5.74, 6) is -0.239. The zero-order chi connectivity index (χ0) is 22.7. The van der Waals surface area contributed by atoms with Crippen LogP contribution in [0.15, 0.2) is 47.6 Å². The highest BCUT2D eigenvalue weighted by Crippen LogP contribution is 2.40. The summed E-state index contributed by atoms with van der Waals surface area (Å²) < 4.78 is 15.4. The summed E-state index contributed by atoms with van der Waals surface area (Å²) in [6, 6.07) is 14.6. The molecule has 3 N–H and O–H groups in total. The molecule has 2 atom stereocenters. The van der Waals surface area contributed by atoms with Gasteiger partial charge in [-0.3, -0.25) is 5.43 Å². The second kappa shape index (κ2) is 9.83. The van der Waals surface area contributed by atoms with Crippen molar-refractivity contribution in [2.75, 3.05) is 43.5 Å². The largest absolute Gasteiger partial charge is 0.375 e. The van der Waals surface area contributed by atoms with Crippen LogP contribution in [0.5, 0.6) is 0 Å². The summed E-state index contributed by atoms with van der Waals surface area (Å²) in [6.07, 6.45) is 4.73. The fourth-order valence-electron chi connectivity index (χ4n) is 4.79. The number of benzene rings is 2. The van der Waals surface area contributed by atoms with Crippen LogP contribution < -0.4 is 21.0 Å². The number of hydrogen-bond donors (Lipinski definition) is 2. The Bertz CT molecular complexity index is 980. The quantitative estimate of drug-likeness (QED) is 0.396. The maximum absolute atomic E-state index is 15.4. The summed E-state index contributed by atoms with van der Waals surface area (Å²) in [4.78, 5) is 6.78. The van der Waals surface area contributed by atoms with Gasteiger partial charge in [0, 0.05) is 36.9 Å². The van der Waals surface area contributed by atoms with E-state index in [2.05, 4.69) is 51.5 Å². The van der Waals surface area contributed by atoms with Gasteiger partial charge in [-0.25, -0.2) is 4.39 Å². The molecule has 4 rings (SSSR count). The third-order valence-corrected chi connectivity index (χ3v) is 6.55. The third-order valence-electron chi connectivity index (χ3n) is 6.46. The molecule has 6 nitrogen and oxygen atoms in total. The lowest BCUT2D eigenvalue weighted by atomic mass is 10.0. The van der Waals surface area contributed by atoms with Crippen LogP contribution in [0.1, 0.15) is 36.4 Å². The van der Waals surface area contributed by atoms with Crippen molar-refractivity contribution < 1.29 is 4.39 Å². The van der Waals surface area contributed by atoms with Crippen LogP contribution >= 0.6 is 12.2 Å². The highest BCUT2D eigenvalue weighted by atomic mass is 32.1. The van der Waals surface area contributed by atoms with Crippen molar-refractivity contribution in [2.45, 2.75) is 31.3 Å². The number of nitrogens with zero attached hydrogens (tertiary/aromatic N) is 4. The van der Waals surface area contributed by atoms with E-state index in [1.54, 1.807) is 12.3 Å². The SMILES string of the molecule is CN(C)[C@@H]1CCN(c2cc(N3CCCC3c3ccccc3)c(F)cc2/C=N/NC(N)=S)C1. The van der Waals surface area contributed by atoms with Crippen molar-refractivity contribution in [3.63, 3.8) is 0 Å². The summed E-state index contributed by atoms with van der Waals surface area (Å²) >= 11 is 4.83. The Labute approximate surface area is 194 Å². The molecule has 2 heterocycles. The van der Waals surface area contributed by atoms with Crippen LogP contribution in [0, 0.1) is 5.82 Å². The molecule has 0 aromatic heterocycles. The topological polar surface area (TPSA) is 60.1 Å². The molecule has 0 bridgehead atoms. The number of thiocarbonyl (C=S) groups is 1. The van der Waals surface area contributed by atoms with Gasteiger partial charge in [-0.2, -0.15) is 5.10 Å². The normalized spacial score (nSPS) is 21.1. The molecular weight excluding hydrogens is 423 g/mol. The van der Waals surface area contributed by atoms with Crippen LogP contribution in [-0.2, 0) is 0 Å². The fourth-order valence-corrected chi connectivity index (χ4v) is 4.84. The summed E-state index contributed by atoms with van der Waals surface area (Å²) in [5.41, 5.74) is 11.6. The van der Waals surface area contributed by atoms with E-state index >= 15 is 4.39 Å². The second-order valence-electron chi connectivity index (χ2n) is 8.71. The number of halogens is 1. The van der Waals surface area contributed by atoms with E-state index in [4.69, 9.17) is 18.0 Å². The van der Waals surface area contributed by atoms with Gasteiger partial charge < -0.3 is 20.4 Å². The van der Waals surface area contributed by atoms with E-state index in [9.17, 15) is 0 Å². The van der Waals surface area contributed by atoms with Crippen LogP contribution in [-0.4, -0.2) is 56.0 Å². The Hall–Kier alpha value is -2.71. The molecule has 2 saturated heterocycles. The monoisotopic (exact) mass is 454 g/mol. The average Bonchev–Trinajstić information content (AvgIpc) is 3.44. The molecule has 1 unspecified atom stereocenters. The van der Waals surface area contributed by atoms with Gasteiger partial charge in [0.05, 0.1) is 17.9 Å². The van der Waals surface area contributed by atoms with Crippen molar-refractivity contribution in [3.8, 4) is 0 Å². The number of hydrazone groups is 1. The first-order valence-corrected chi connectivity index (χ1v) is 11.5. The van der Waals surface area contributed by atoms with Crippen molar-refractivity contribution in [2.24, 2.45) is 10.8 Å². The summed E-state index contributed by atoms with van der Waals surface area (Å²) in [6.45, 7) is 2.65. The van der Waals surface area contributed by atoms with Gasteiger partial charge in [0.15, 0.2) is 5.11 Å². The lowest BCUT2D eigenvalue weighted by Gasteiger charge is -2.30. The molecule has 2 aromatic rings. The van der Waals surface area contributed by atoms with Crippen molar-refractivity contribution in [1.82, 2.24) is 10.3 Å². The molecule has 32 heavy (non-hydrogen) atoms. The lowest BCUT2D eigenvalue weighted by molar-refractivity contribution is 0.315. The van der Waals surface area contributed by atoms with Gasteiger partial charge in [-0.15, -0.1) is 0 Å². The second-order valence-corrected chi connectivity index (χ2v) is 9.15. The molecule has 8 heteroatoms. The van der Waals surface area contributed by atoms with Gasteiger partial charge in [0.1, 0.15) is 5.82 Å². The molecule has 2 aliphatic rings. The highest BCUT2D eigenvalue weighted by Gasteiger charge is 2.31. The first kappa shape index (κ1) is 22.5. The highest BCUT2D eigenvalue weighted by molar-refractivity contribution is 7.80. The van der Waals surface area contributed by atoms with E-state index < -0.39 is 0 Å². The fraction of sp³-hybridized carbons (Fsp3) is 0.417. The zero-order valence-electron chi connectivity index (χ0n) is 18.7. The van der Waals surface area contributed by atoms with Gasteiger partial charge in [-0.05, 0) is 63.3 Å². The predicted octanol–water partition coefficient (Wildman–Crippen LogP) is 3.47. The molecule has 0 saturated carbocycles. The van der Waals surface area contributed by atoms with Crippen LogP contribution in [0.4, 0.5) is 15.8 Å². The number of likely N-dealkylation sites (N-methyl/N-ethyl adjacent to an activating group) is 1. The molecule has 0 spiro atoms. The summed E-state index contributed by atoms with van der Waals surface area (Å²) in [7, 11) is 4.21. The molecule has 170 valence electrons. The Morgan fingerprint density at radius 1 is 1.19 bits per heavy atom. The van der Waals surface area contributed by atoms with Gasteiger partial charge in [0.2, 0.25) is 0 Å². The smallest absolute Gasteiger partial charge is 0.184 e. The molecule has 2 fully saturated rings. The van der Waals surface area contributed by atoms with Gasteiger partial charge in [0.25, 0.3) is 0 Å². The van der Waals surface area contributed by atoms with E-state index in [0.29, 0.717) is 17.3 Å². The number of nitrogens with two attached hydrogens (primary N) is 1. The minimum Gasteiger partial charge on any atom is -0.375 e. The Kier molecular flexibility index (Phi) is 6.91. The maximum Gasteiger partial charge on any atom is 0.184 e. The standard InChI is InChI=1S/C24H31FN6S/c1-29(2)19-10-12-30(16-19)22-14-23(20(25)13-18(22)15-27-28-24(26)32)31-11-6-9-21(31)17-7-4-3-5-8-17/h3-5,7-8,13-15,19,21H,6,9-12,16H2,1-2H3,(H3,26,28,32)/b27-15+/t19-,21?/m1/s1. The molecule has 0 aliphatic carbocycles. The average molecular weight is 455 g/mol. The Morgan fingerprint density at radius 2 is 1.97 bits per heavy atom. The van der Waals surface area contributed by atoms with Crippen LogP contribution in [0.25, 0.3) is 0 Å². The number of rotatable bonds is 6. The molecule has 0 radical (unpaired) electrons. The van der Waals surface area contributed by atoms with E-state index in [1.807, 2.05) is 24.3 Å². The molecule has 2 aromatic carbocycles. The Morgan fingerprint density at radius 3 is 2.66 bits per heavy atom. The number of nitrogens with one attached hydrogen (secondary N) is 1. The van der Waals surface area contributed by atoms with E-state index in [0.717, 1.165) is 44.6 Å². The zero-order valence-corrected chi connectivity index (χ0v) is 19.5. The Balaban J connectivity index is 1.70.